The molecule has 8 heteroatoms. The smallest absolute Gasteiger partial charge is 0.341 e. The van der Waals surface area contributed by atoms with Gasteiger partial charge >= 0.3 is 11.9 Å². The summed E-state index contributed by atoms with van der Waals surface area (Å²) in [7, 11) is 1.31. The third-order valence-electron chi connectivity index (χ3n) is 4.51. The third kappa shape index (κ3) is 5.27. The van der Waals surface area contributed by atoms with E-state index >= 15 is 0 Å². The number of hydrogen-bond acceptors (Lipinski definition) is 7. The number of methoxy groups -OCH3 is 1. The van der Waals surface area contributed by atoms with Gasteiger partial charge in [0, 0.05) is 11.0 Å². The number of nitrogens with one attached hydrogen (secondary N) is 1. The zero-order valence-electron chi connectivity index (χ0n) is 16.9. The second kappa shape index (κ2) is 10.1. The number of benzene rings is 1. The van der Waals surface area contributed by atoms with E-state index < -0.39 is 24.5 Å². The van der Waals surface area contributed by atoms with Crippen LogP contribution in [0.3, 0.4) is 0 Å². The van der Waals surface area contributed by atoms with Gasteiger partial charge in [0.05, 0.1) is 19.3 Å². The van der Waals surface area contributed by atoms with Crippen molar-refractivity contribution < 1.29 is 28.6 Å². The lowest BCUT2D eigenvalue weighted by Crippen LogP contribution is -2.21. The molecule has 7 nitrogen and oxygen atoms in total. The first-order valence-corrected chi connectivity index (χ1v) is 10.4. The first kappa shape index (κ1) is 21.6. The molecule has 1 aromatic heterocycles. The van der Waals surface area contributed by atoms with E-state index in [0.717, 1.165) is 41.0 Å². The third-order valence-corrected chi connectivity index (χ3v) is 5.72. The highest BCUT2D eigenvalue weighted by atomic mass is 32.1. The number of aryl methyl sites for hydroxylation is 1. The maximum atomic E-state index is 12.2. The molecule has 1 aromatic carbocycles. The van der Waals surface area contributed by atoms with E-state index in [0.29, 0.717) is 17.2 Å². The molecule has 0 aliphatic heterocycles. The number of fused-ring (bicyclic) bond motifs is 1. The molecule has 0 spiro atoms. The fraction of sp³-hybridized carbons (Fsp3) is 0.318. The first-order valence-electron chi connectivity index (χ1n) is 9.62. The zero-order valence-corrected chi connectivity index (χ0v) is 17.7. The summed E-state index contributed by atoms with van der Waals surface area (Å²) in [6.45, 7) is 2.04. The summed E-state index contributed by atoms with van der Waals surface area (Å²) in [5.74, 6) is -0.872. The molecule has 2 aromatic rings. The molecule has 1 aliphatic carbocycles. The molecule has 1 aliphatic rings. The largest absolute Gasteiger partial charge is 0.494 e. The molecule has 0 fully saturated rings. The Balaban J connectivity index is 1.53. The fourth-order valence-electron chi connectivity index (χ4n) is 3.16. The Bertz CT molecular complexity index is 961. The fourth-order valence-corrected chi connectivity index (χ4v) is 4.46. The maximum Gasteiger partial charge on any atom is 0.341 e. The molecule has 0 saturated heterocycles. The average molecular weight is 429 g/mol. The Kier molecular flexibility index (Phi) is 7.24. The number of rotatable bonds is 8. The highest BCUT2D eigenvalue weighted by Gasteiger charge is 2.28. The van der Waals surface area contributed by atoms with Crippen molar-refractivity contribution in [2.45, 2.75) is 26.2 Å². The van der Waals surface area contributed by atoms with Crippen LogP contribution in [0, 0.1) is 0 Å². The summed E-state index contributed by atoms with van der Waals surface area (Å²) in [5.41, 5.74) is 2.15. The number of anilines is 1. The molecule has 3 rings (SSSR count). The molecule has 1 heterocycles. The van der Waals surface area contributed by atoms with E-state index in [1.807, 2.05) is 19.1 Å². The van der Waals surface area contributed by atoms with Gasteiger partial charge in [0.15, 0.2) is 6.61 Å². The Morgan fingerprint density at radius 3 is 2.63 bits per heavy atom. The van der Waals surface area contributed by atoms with E-state index in [1.54, 1.807) is 18.2 Å². The minimum Gasteiger partial charge on any atom is -0.494 e. The first-order chi connectivity index (χ1) is 14.5. The molecule has 0 saturated carbocycles. The van der Waals surface area contributed by atoms with E-state index in [2.05, 4.69) is 5.32 Å². The molecule has 1 amide bonds. The lowest BCUT2D eigenvalue weighted by atomic mass is 10.1. The van der Waals surface area contributed by atoms with Gasteiger partial charge in [-0.2, -0.15) is 0 Å². The number of carbonyl (C=O) groups is 3. The van der Waals surface area contributed by atoms with Gasteiger partial charge in [-0.3, -0.25) is 4.79 Å². The predicted molar refractivity (Wildman–Crippen MR) is 114 cm³/mol. The Labute approximate surface area is 178 Å². The lowest BCUT2D eigenvalue weighted by molar-refractivity contribution is -0.142. The summed E-state index contributed by atoms with van der Waals surface area (Å²) in [6, 6.07) is 7.23. The molecule has 158 valence electrons. The number of hydrogen-bond donors (Lipinski definition) is 1. The highest BCUT2D eigenvalue weighted by Crippen LogP contribution is 2.39. The van der Waals surface area contributed by atoms with Crippen molar-refractivity contribution in [3.05, 3.63) is 51.9 Å². The summed E-state index contributed by atoms with van der Waals surface area (Å²) >= 11 is 1.37. The van der Waals surface area contributed by atoms with Crippen LogP contribution >= 0.6 is 11.3 Å². The number of thiophene rings is 1. The standard InChI is InChI=1S/C22H23NO6S/c1-3-28-15-10-7-14(8-11-15)9-12-19(25)29-13-18(24)23-21-20(22(26)27-2)16-5-4-6-17(16)30-21/h7-12H,3-6,13H2,1-2H3,(H,23,24)/b12-9+. The quantitative estimate of drug-likeness (QED) is 0.509. The topological polar surface area (TPSA) is 90.9 Å². The molecule has 0 atom stereocenters. The van der Waals surface area contributed by atoms with Crippen molar-refractivity contribution >= 4 is 40.3 Å². The van der Waals surface area contributed by atoms with Crippen LogP contribution in [0.25, 0.3) is 6.08 Å². The normalized spacial score (nSPS) is 12.5. The summed E-state index contributed by atoms with van der Waals surface area (Å²) in [4.78, 5) is 37.3. The van der Waals surface area contributed by atoms with Crippen molar-refractivity contribution in [3.63, 3.8) is 0 Å². The summed E-state index contributed by atoms with van der Waals surface area (Å²) in [5, 5.41) is 3.11. The van der Waals surface area contributed by atoms with Gasteiger partial charge in [0.1, 0.15) is 10.8 Å². The minimum atomic E-state index is -0.638. The van der Waals surface area contributed by atoms with E-state index in [4.69, 9.17) is 14.2 Å². The second-order valence-electron chi connectivity index (χ2n) is 6.54. The van der Waals surface area contributed by atoms with E-state index in [-0.39, 0.29) is 0 Å². The van der Waals surface area contributed by atoms with Gasteiger partial charge in [0.2, 0.25) is 0 Å². The monoisotopic (exact) mass is 429 g/mol. The van der Waals surface area contributed by atoms with Crippen LogP contribution in [0.1, 0.15) is 39.7 Å². The Morgan fingerprint density at radius 1 is 1.17 bits per heavy atom. The highest BCUT2D eigenvalue weighted by molar-refractivity contribution is 7.17. The van der Waals surface area contributed by atoms with Crippen molar-refractivity contribution in [2.75, 3.05) is 25.6 Å². The Morgan fingerprint density at radius 2 is 1.93 bits per heavy atom. The SMILES string of the molecule is CCOc1ccc(/C=C/C(=O)OCC(=O)Nc2sc3c(c2C(=O)OC)CCC3)cc1. The van der Waals surface area contributed by atoms with Gasteiger partial charge in [-0.1, -0.05) is 12.1 Å². The van der Waals surface area contributed by atoms with Crippen molar-refractivity contribution in [3.8, 4) is 5.75 Å². The maximum absolute atomic E-state index is 12.2. The van der Waals surface area contributed by atoms with Crippen LogP contribution in [-0.4, -0.2) is 38.2 Å². The van der Waals surface area contributed by atoms with Crippen LogP contribution < -0.4 is 10.1 Å². The van der Waals surface area contributed by atoms with Gasteiger partial charge < -0.3 is 19.5 Å². The summed E-state index contributed by atoms with van der Waals surface area (Å²) < 4.78 is 15.2. The molecule has 30 heavy (non-hydrogen) atoms. The number of ether oxygens (including phenoxy) is 3. The van der Waals surface area contributed by atoms with Gasteiger partial charge in [0.25, 0.3) is 5.91 Å². The zero-order chi connectivity index (χ0) is 21.5. The van der Waals surface area contributed by atoms with E-state index in [1.165, 1.54) is 24.5 Å². The molecule has 1 N–H and O–H groups in total. The van der Waals surface area contributed by atoms with Crippen molar-refractivity contribution in [2.24, 2.45) is 0 Å². The van der Waals surface area contributed by atoms with Gasteiger partial charge in [-0.25, -0.2) is 9.59 Å². The molecule has 0 unspecified atom stereocenters. The van der Waals surface area contributed by atoms with E-state index in [9.17, 15) is 14.4 Å². The number of esters is 2. The van der Waals surface area contributed by atoms with Crippen LogP contribution in [0.4, 0.5) is 5.00 Å². The Hall–Kier alpha value is -3.13. The molecular weight excluding hydrogens is 406 g/mol. The van der Waals surface area contributed by atoms with Crippen LogP contribution in [0.5, 0.6) is 5.75 Å². The van der Waals surface area contributed by atoms with Gasteiger partial charge in [-0.05, 0) is 55.5 Å². The molecule has 0 bridgehead atoms. The minimum absolute atomic E-state index is 0.407. The van der Waals surface area contributed by atoms with Crippen LogP contribution in [0.15, 0.2) is 30.3 Å². The van der Waals surface area contributed by atoms with Gasteiger partial charge in [-0.15, -0.1) is 11.3 Å². The van der Waals surface area contributed by atoms with Crippen LogP contribution in [-0.2, 0) is 31.9 Å². The molecular formula is C22H23NO6S. The summed E-state index contributed by atoms with van der Waals surface area (Å²) in [6.07, 6.45) is 5.50. The van der Waals surface area contributed by atoms with Crippen LogP contribution in [0.2, 0.25) is 0 Å². The van der Waals surface area contributed by atoms with Crippen molar-refractivity contribution in [1.29, 1.82) is 0 Å². The number of amides is 1. The van der Waals surface area contributed by atoms with Crippen molar-refractivity contribution in [1.82, 2.24) is 0 Å². The number of carbonyl (C=O) groups excluding carboxylic acids is 3. The molecule has 0 radical (unpaired) electrons. The average Bonchev–Trinajstić information content (AvgIpc) is 3.32. The lowest BCUT2D eigenvalue weighted by Gasteiger charge is -2.07. The predicted octanol–water partition coefficient (Wildman–Crippen LogP) is 3.62. The second-order valence-corrected chi connectivity index (χ2v) is 7.65.